The van der Waals surface area contributed by atoms with Gasteiger partial charge in [-0.15, -0.1) is 0 Å². The molecule has 0 spiro atoms. The molecule has 158 valence electrons. The van der Waals surface area contributed by atoms with E-state index in [0.717, 1.165) is 0 Å². The van der Waals surface area contributed by atoms with Crippen LogP contribution in [0.1, 0.15) is 19.4 Å². The van der Waals surface area contributed by atoms with Gasteiger partial charge in [0.2, 0.25) is 15.9 Å². The summed E-state index contributed by atoms with van der Waals surface area (Å²) in [5.41, 5.74) is 0.578. The molecule has 1 atom stereocenters. The van der Waals surface area contributed by atoms with Crippen molar-refractivity contribution in [3.05, 3.63) is 53.2 Å². The highest BCUT2D eigenvalue weighted by atomic mass is 32.2. The van der Waals surface area contributed by atoms with Gasteiger partial charge in [-0.05, 0) is 18.2 Å². The van der Waals surface area contributed by atoms with E-state index in [9.17, 15) is 23.6 Å². The maximum Gasteiger partial charge on any atom is 0.243 e. The first-order valence-corrected chi connectivity index (χ1v) is 10.5. The lowest BCUT2D eigenvalue weighted by molar-refractivity contribution is -0.991. The minimum Gasteiger partial charge on any atom is -0.595 e. The highest BCUT2D eigenvalue weighted by Crippen LogP contribution is 2.29. The highest BCUT2D eigenvalue weighted by Gasteiger charge is 2.23. The number of amides is 1. The summed E-state index contributed by atoms with van der Waals surface area (Å²) in [7, 11) is -2.31. The van der Waals surface area contributed by atoms with Gasteiger partial charge < -0.3 is 15.3 Å². The molecular formula is C19H25N3O6S. The van der Waals surface area contributed by atoms with E-state index in [1.165, 1.54) is 35.7 Å². The number of anilines is 1. The number of carbonyl (C=O) groups excluding carboxylic acids is 1. The van der Waals surface area contributed by atoms with Gasteiger partial charge in [-0.3, -0.25) is 4.79 Å². The highest BCUT2D eigenvalue weighted by molar-refractivity contribution is 7.89. The predicted molar refractivity (Wildman–Crippen MR) is 108 cm³/mol. The molecule has 0 heterocycles. The molecule has 1 unspecified atom stereocenters. The number of methoxy groups -OCH3 is 1. The van der Waals surface area contributed by atoms with Crippen molar-refractivity contribution < 1.29 is 28.4 Å². The molecule has 0 fully saturated rings. The maximum atomic E-state index is 12.7. The van der Waals surface area contributed by atoms with Crippen LogP contribution in [-0.4, -0.2) is 44.0 Å². The molecule has 0 saturated heterocycles. The van der Waals surface area contributed by atoms with Crippen molar-refractivity contribution in [1.29, 1.82) is 0 Å². The van der Waals surface area contributed by atoms with Crippen molar-refractivity contribution in [1.82, 2.24) is 4.31 Å². The van der Waals surface area contributed by atoms with Gasteiger partial charge >= 0.3 is 0 Å². The number of nitrogens with zero attached hydrogens (tertiary/aromatic N) is 1. The fourth-order valence-corrected chi connectivity index (χ4v) is 4.39. The molecule has 0 bridgehead atoms. The van der Waals surface area contributed by atoms with Crippen molar-refractivity contribution in [2.75, 3.05) is 25.5 Å². The second-order valence-electron chi connectivity index (χ2n) is 6.14. The summed E-state index contributed by atoms with van der Waals surface area (Å²) in [6.07, 6.45) is -0.182. The average Bonchev–Trinajstić information content (AvgIpc) is 2.68. The number of rotatable bonds is 9. The Kier molecular flexibility index (Phi) is 7.71. The molecule has 0 saturated carbocycles. The van der Waals surface area contributed by atoms with Crippen LogP contribution in [0.5, 0.6) is 5.75 Å². The third kappa shape index (κ3) is 5.31. The summed E-state index contributed by atoms with van der Waals surface area (Å²) in [5, 5.41) is 22.1. The molecular weight excluding hydrogens is 398 g/mol. The number of quaternary nitrogens is 1. The fourth-order valence-electron chi connectivity index (χ4n) is 2.91. The lowest BCUT2D eigenvalue weighted by Gasteiger charge is -2.20. The Hall–Kier alpha value is -2.50. The molecule has 2 rings (SSSR count). The number of nitrogens with one attached hydrogen (secondary N) is 2. The molecule has 10 heteroatoms. The lowest BCUT2D eigenvalue weighted by Crippen LogP contribution is -2.99. The number of benzene rings is 2. The van der Waals surface area contributed by atoms with E-state index in [4.69, 9.17) is 4.74 Å². The van der Waals surface area contributed by atoms with Crippen LogP contribution in [0, 0.1) is 5.21 Å². The predicted octanol–water partition coefficient (Wildman–Crippen LogP) is 1.31. The Morgan fingerprint density at radius 3 is 2.45 bits per heavy atom. The van der Waals surface area contributed by atoms with Crippen LogP contribution in [0.2, 0.25) is 0 Å². The second-order valence-corrected chi connectivity index (χ2v) is 8.08. The molecule has 0 radical (unpaired) electrons. The number of carbonyl (C=O) groups is 1. The first kappa shape index (κ1) is 22.8. The van der Waals surface area contributed by atoms with Crippen molar-refractivity contribution in [3.63, 3.8) is 0 Å². The van der Waals surface area contributed by atoms with E-state index >= 15 is 0 Å². The lowest BCUT2D eigenvalue weighted by atomic mass is 10.1. The molecule has 9 nitrogen and oxygen atoms in total. The minimum absolute atomic E-state index is 0.0308. The van der Waals surface area contributed by atoms with Gasteiger partial charge in [-0.25, -0.2) is 13.6 Å². The van der Waals surface area contributed by atoms with Crippen LogP contribution >= 0.6 is 0 Å². The number of hydrogen-bond donors (Lipinski definition) is 3. The van der Waals surface area contributed by atoms with E-state index in [-0.39, 0.29) is 22.7 Å². The van der Waals surface area contributed by atoms with E-state index in [0.29, 0.717) is 24.4 Å². The molecule has 0 aliphatic carbocycles. The third-order valence-corrected chi connectivity index (χ3v) is 6.43. The van der Waals surface area contributed by atoms with E-state index in [1.807, 2.05) is 0 Å². The van der Waals surface area contributed by atoms with Gasteiger partial charge in [-0.1, -0.05) is 32.0 Å². The minimum atomic E-state index is -3.71. The van der Waals surface area contributed by atoms with Gasteiger partial charge in [0.15, 0.2) is 5.69 Å². The Morgan fingerprint density at radius 2 is 1.86 bits per heavy atom. The van der Waals surface area contributed by atoms with Crippen molar-refractivity contribution in [3.8, 4) is 5.75 Å². The molecule has 1 amide bonds. The number of ether oxygens (including phenoxy) is 1. The van der Waals surface area contributed by atoms with Crippen LogP contribution in [0.15, 0.2) is 47.4 Å². The van der Waals surface area contributed by atoms with Crippen LogP contribution in [0.25, 0.3) is 0 Å². The summed E-state index contributed by atoms with van der Waals surface area (Å²) in [6, 6.07) is 10.4. The summed E-state index contributed by atoms with van der Waals surface area (Å²) in [6.45, 7) is 4.12. The molecule has 29 heavy (non-hydrogen) atoms. The molecule has 0 aliphatic heterocycles. The Labute approximate surface area is 170 Å². The second kappa shape index (κ2) is 9.81. The number of sulfonamides is 1. The van der Waals surface area contributed by atoms with Gasteiger partial charge in [-0.2, -0.15) is 9.53 Å². The van der Waals surface area contributed by atoms with Crippen LogP contribution < -0.4 is 15.3 Å². The zero-order chi connectivity index (χ0) is 21.6. The van der Waals surface area contributed by atoms with E-state index < -0.39 is 21.2 Å². The van der Waals surface area contributed by atoms with Crippen LogP contribution in [-0.2, 0) is 21.2 Å². The van der Waals surface area contributed by atoms with Gasteiger partial charge in [0, 0.05) is 24.7 Å². The summed E-state index contributed by atoms with van der Waals surface area (Å²) in [5.74, 6) is -0.197. The van der Waals surface area contributed by atoms with Crippen molar-refractivity contribution in [2.24, 2.45) is 0 Å². The molecule has 0 aromatic heterocycles. The zero-order valence-electron chi connectivity index (χ0n) is 16.5. The standard InChI is InChI=1S/C19H25N3O6S/c1-4-21(5-2)29(26,27)15-10-11-18(28-3)16(13-15)20-19(23)12-14-8-6-7-9-17(14)22(24)25/h6-11,13,22,24H,4-5,12H2,1-3H3,(H,20,23). The monoisotopic (exact) mass is 423 g/mol. The molecule has 3 N–H and O–H groups in total. The van der Waals surface area contributed by atoms with Crippen molar-refractivity contribution in [2.45, 2.75) is 25.2 Å². The first-order chi connectivity index (χ1) is 13.7. The average molecular weight is 423 g/mol. The molecule has 2 aromatic carbocycles. The Morgan fingerprint density at radius 1 is 1.21 bits per heavy atom. The van der Waals surface area contributed by atoms with Crippen LogP contribution in [0.3, 0.4) is 0 Å². The summed E-state index contributed by atoms with van der Waals surface area (Å²) in [4.78, 5) is 12.5. The smallest absolute Gasteiger partial charge is 0.243 e. The summed E-state index contributed by atoms with van der Waals surface area (Å²) >= 11 is 0. The Bertz CT molecular complexity index is 958. The van der Waals surface area contributed by atoms with Gasteiger partial charge in [0.05, 0.1) is 24.1 Å². The number of para-hydroxylation sites is 1. The normalized spacial score (nSPS) is 12.6. The van der Waals surface area contributed by atoms with Crippen molar-refractivity contribution >= 4 is 27.3 Å². The van der Waals surface area contributed by atoms with E-state index in [2.05, 4.69) is 5.32 Å². The largest absolute Gasteiger partial charge is 0.595 e. The fraction of sp³-hybridized carbons (Fsp3) is 0.316. The Balaban J connectivity index is 2.31. The topological polar surface area (TPSA) is 123 Å². The van der Waals surface area contributed by atoms with E-state index in [1.54, 1.807) is 32.0 Å². The molecule has 0 aliphatic rings. The maximum absolute atomic E-state index is 12.7. The zero-order valence-corrected chi connectivity index (χ0v) is 17.3. The third-order valence-electron chi connectivity index (χ3n) is 4.39. The quantitative estimate of drug-likeness (QED) is 0.523. The van der Waals surface area contributed by atoms with Gasteiger partial charge in [0.1, 0.15) is 5.75 Å². The first-order valence-electron chi connectivity index (χ1n) is 9.03. The number of hydrogen-bond acceptors (Lipinski definition) is 6. The van der Waals surface area contributed by atoms with Crippen LogP contribution in [0.4, 0.5) is 11.4 Å². The molecule has 2 aromatic rings. The SMILES string of the molecule is CCN(CC)S(=O)(=O)c1ccc(OC)c(NC(=O)Cc2ccccc2[NH+]([O-])O)c1. The summed E-state index contributed by atoms with van der Waals surface area (Å²) < 4.78 is 32.0. The van der Waals surface area contributed by atoms with Gasteiger partial charge in [0.25, 0.3) is 0 Å².